The number of nitrogens with one attached hydrogen (secondary N) is 1. The third-order valence-electron chi connectivity index (χ3n) is 4.46. The fraction of sp³-hybridized carbons (Fsp3) is 0.158. The molecule has 25 heavy (non-hydrogen) atoms. The summed E-state index contributed by atoms with van der Waals surface area (Å²) in [6.07, 6.45) is 3.32. The number of nitrogens with zero attached hydrogens (tertiary/aromatic N) is 5. The van der Waals surface area contributed by atoms with Gasteiger partial charge in [0.15, 0.2) is 11.5 Å². The van der Waals surface area contributed by atoms with Crippen molar-refractivity contribution in [2.75, 3.05) is 0 Å². The molecule has 0 aliphatic rings. The zero-order chi connectivity index (χ0) is 16.8. The highest BCUT2D eigenvalue weighted by atomic mass is 15.3. The van der Waals surface area contributed by atoms with Gasteiger partial charge >= 0.3 is 0 Å². The van der Waals surface area contributed by atoms with Gasteiger partial charge in [-0.25, -0.2) is 14.5 Å². The van der Waals surface area contributed by atoms with Crippen LogP contribution in [0.5, 0.6) is 0 Å². The van der Waals surface area contributed by atoms with Gasteiger partial charge < -0.3 is 4.98 Å². The number of hydrogen-bond donors (Lipinski definition) is 1. The standard InChI is InChI=1S/C19H16N6/c1-12-4-2-6-18-22-17(24-25(12)18)10-9-16-21-15-8-7-14-13(19(15)23-16)5-3-11-20-14/h2-8,11H,9-10H2,1H3,(H,21,23). The number of rotatable bonds is 3. The molecule has 0 atom stereocenters. The van der Waals surface area contributed by atoms with Crippen molar-refractivity contribution in [1.29, 1.82) is 0 Å². The SMILES string of the molecule is Cc1cccc2nc(CCc3nc4c(ccc5ncccc54)[nH]3)nn12. The summed E-state index contributed by atoms with van der Waals surface area (Å²) in [5, 5.41) is 5.66. The number of imidazole rings is 1. The molecule has 4 aromatic heterocycles. The van der Waals surface area contributed by atoms with E-state index in [1.807, 2.05) is 47.8 Å². The zero-order valence-electron chi connectivity index (χ0n) is 13.8. The van der Waals surface area contributed by atoms with E-state index >= 15 is 0 Å². The first kappa shape index (κ1) is 14.1. The molecule has 0 spiro atoms. The van der Waals surface area contributed by atoms with Crippen LogP contribution in [0.2, 0.25) is 0 Å². The lowest BCUT2D eigenvalue weighted by atomic mass is 10.2. The van der Waals surface area contributed by atoms with Crippen molar-refractivity contribution in [3.05, 3.63) is 66.0 Å². The number of benzene rings is 1. The summed E-state index contributed by atoms with van der Waals surface area (Å²) in [4.78, 5) is 17.2. The Morgan fingerprint density at radius 2 is 1.96 bits per heavy atom. The van der Waals surface area contributed by atoms with Gasteiger partial charge in [-0.15, -0.1) is 0 Å². The summed E-state index contributed by atoms with van der Waals surface area (Å²) in [5.41, 5.74) is 4.94. The average Bonchev–Trinajstić information content (AvgIpc) is 3.24. The van der Waals surface area contributed by atoms with Gasteiger partial charge in [0, 0.05) is 30.1 Å². The lowest BCUT2D eigenvalue weighted by Crippen LogP contribution is -1.97. The molecule has 1 aromatic carbocycles. The Balaban J connectivity index is 1.47. The summed E-state index contributed by atoms with van der Waals surface area (Å²) in [6.45, 7) is 2.03. The maximum Gasteiger partial charge on any atom is 0.155 e. The van der Waals surface area contributed by atoms with Gasteiger partial charge in [0.05, 0.1) is 16.6 Å². The fourth-order valence-electron chi connectivity index (χ4n) is 3.21. The van der Waals surface area contributed by atoms with E-state index in [-0.39, 0.29) is 0 Å². The molecule has 0 bridgehead atoms. The topological polar surface area (TPSA) is 71.8 Å². The normalized spacial score (nSPS) is 11.7. The first-order valence-electron chi connectivity index (χ1n) is 8.31. The van der Waals surface area contributed by atoms with Crippen molar-refractivity contribution in [1.82, 2.24) is 29.5 Å². The van der Waals surface area contributed by atoms with E-state index in [4.69, 9.17) is 4.98 Å². The Bertz CT molecular complexity index is 1220. The molecule has 0 radical (unpaired) electrons. The summed E-state index contributed by atoms with van der Waals surface area (Å²) in [6, 6.07) is 14.1. The minimum Gasteiger partial charge on any atom is -0.342 e. The van der Waals surface area contributed by atoms with Crippen LogP contribution in [0.15, 0.2) is 48.7 Å². The molecule has 4 heterocycles. The molecule has 0 fully saturated rings. The van der Waals surface area contributed by atoms with Gasteiger partial charge in [-0.2, -0.15) is 5.10 Å². The van der Waals surface area contributed by atoms with E-state index in [1.165, 1.54) is 0 Å². The van der Waals surface area contributed by atoms with Crippen LogP contribution in [0.1, 0.15) is 17.3 Å². The van der Waals surface area contributed by atoms with Gasteiger partial charge in [-0.3, -0.25) is 4.98 Å². The summed E-state index contributed by atoms with van der Waals surface area (Å²) < 4.78 is 1.88. The predicted octanol–water partition coefficient (Wildman–Crippen LogP) is 3.25. The smallest absolute Gasteiger partial charge is 0.155 e. The summed E-state index contributed by atoms with van der Waals surface area (Å²) in [5.74, 6) is 1.78. The number of pyridine rings is 2. The first-order valence-corrected chi connectivity index (χ1v) is 8.31. The number of aryl methyl sites for hydroxylation is 3. The van der Waals surface area contributed by atoms with Crippen LogP contribution >= 0.6 is 0 Å². The minimum atomic E-state index is 0.747. The van der Waals surface area contributed by atoms with Crippen LogP contribution in [0.25, 0.3) is 27.6 Å². The molecule has 6 nitrogen and oxygen atoms in total. The lowest BCUT2D eigenvalue weighted by molar-refractivity contribution is 0.801. The van der Waals surface area contributed by atoms with Crippen LogP contribution in [0.4, 0.5) is 0 Å². The number of hydrogen-bond acceptors (Lipinski definition) is 4. The van der Waals surface area contributed by atoms with Crippen LogP contribution in [0, 0.1) is 6.92 Å². The van der Waals surface area contributed by atoms with E-state index in [9.17, 15) is 0 Å². The van der Waals surface area contributed by atoms with Gasteiger partial charge in [-0.05, 0) is 43.3 Å². The van der Waals surface area contributed by atoms with Crippen LogP contribution in [0.3, 0.4) is 0 Å². The van der Waals surface area contributed by atoms with Gasteiger partial charge in [0.2, 0.25) is 0 Å². The van der Waals surface area contributed by atoms with E-state index in [0.29, 0.717) is 0 Å². The van der Waals surface area contributed by atoms with Gasteiger partial charge in [0.1, 0.15) is 5.82 Å². The third kappa shape index (κ3) is 2.34. The fourth-order valence-corrected chi connectivity index (χ4v) is 3.21. The highest BCUT2D eigenvalue weighted by Crippen LogP contribution is 2.22. The molecule has 122 valence electrons. The van der Waals surface area contributed by atoms with Crippen LogP contribution < -0.4 is 0 Å². The largest absolute Gasteiger partial charge is 0.342 e. The number of H-pyrrole nitrogens is 1. The maximum absolute atomic E-state index is 4.77. The van der Waals surface area contributed by atoms with Crippen molar-refractivity contribution >= 4 is 27.6 Å². The second-order valence-electron chi connectivity index (χ2n) is 6.18. The Kier molecular flexibility index (Phi) is 3.03. The number of aromatic nitrogens is 6. The van der Waals surface area contributed by atoms with Gasteiger partial charge in [0.25, 0.3) is 0 Å². The van der Waals surface area contributed by atoms with Gasteiger partial charge in [-0.1, -0.05) is 6.07 Å². The number of aromatic amines is 1. The van der Waals surface area contributed by atoms with Crippen molar-refractivity contribution in [2.45, 2.75) is 19.8 Å². The molecule has 0 amide bonds. The van der Waals surface area contributed by atoms with E-state index in [1.54, 1.807) is 6.20 Å². The molecule has 6 heteroatoms. The third-order valence-corrected chi connectivity index (χ3v) is 4.46. The predicted molar refractivity (Wildman–Crippen MR) is 96.5 cm³/mol. The minimum absolute atomic E-state index is 0.747. The highest BCUT2D eigenvalue weighted by molar-refractivity contribution is 6.02. The average molecular weight is 328 g/mol. The van der Waals surface area contributed by atoms with Crippen molar-refractivity contribution in [3.63, 3.8) is 0 Å². The Morgan fingerprint density at radius 3 is 2.88 bits per heavy atom. The first-order chi connectivity index (χ1) is 12.3. The molecule has 0 aliphatic carbocycles. The molecule has 0 saturated heterocycles. The maximum atomic E-state index is 4.77. The zero-order valence-corrected chi connectivity index (χ0v) is 13.8. The van der Waals surface area contributed by atoms with Crippen molar-refractivity contribution in [3.8, 4) is 0 Å². The molecule has 5 aromatic rings. The molecular formula is C19H16N6. The molecule has 0 aliphatic heterocycles. The lowest BCUT2D eigenvalue weighted by Gasteiger charge is -1.95. The monoisotopic (exact) mass is 328 g/mol. The Labute approximate surface area is 143 Å². The Morgan fingerprint density at radius 1 is 1.00 bits per heavy atom. The Hall–Kier alpha value is -3.28. The van der Waals surface area contributed by atoms with Crippen molar-refractivity contribution < 1.29 is 0 Å². The van der Waals surface area contributed by atoms with E-state index < -0.39 is 0 Å². The second-order valence-corrected chi connectivity index (χ2v) is 6.18. The van der Waals surface area contributed by atoms with Crippen molar-refractivity contribution in [2.24, 2.45) is 0 Å². The molecular weight excluding hydrogens is 312 g/mol. The van der Waals surface area contributed by atoms with Crippen LogP contribution in [-0.4, -0.2) is 29.5 Å². The van der Waals surface area contributed by atoms with Crippen LogP contribution in [-0.2, 0) is 12.8 Å². The molecule has 0 unspecified atom stereocenters. The molecule has 0 saturated carbocycles. The highest BCUT2D eigenvalue weighted by Gasteiger charge is 2.10. The quantitative estimate of drug-likeness (QED) is 0.552. The summed E-state index contributed by atoms with van der Waals surface area (Å²) in [7, 11) is 0. The van der Waals surface area contributed by atoms with E-state index in [0.717, 1.165) is 57.8 Å². The van der Waals surface area contributed by atoms with E-state index in [2.05, 4.69) is 26.1 Å². The molecule has 5 rings (SSSR count). The summed E-state index contributed by atoms with van der Waals surface area (Å²) >= 11 is 0. The number of fused-ring (bicyclic) bond motifs is 4. The second kappa shape index (κ2) is 5.37. The molecule has 1 N–H and O–H groups in total.